The Morgan fingerprint density at radius 2 is 1.62 bits per heavy atom. The smallest absolute Gasteiger partial charge is 0.165 e. The summed E-state index contributed by atoms with van der Waals surface area (Å²) in [5.41, 5.74) is 2.92. The van der Waals surface area contributed by atoms with Crippen LogP contribution < -0.4 is 5.32 Å². The average molecular weight is 316 g/mol. The summed E-state index contributed by atoms with van der Waals surface area (Å²) in [7, 11) is 0. The third-order valence-corrected chi connectivity index (χ3v) is 3.92. The number of pyridine rings is 1. The van der Waals surface area contributed by atoms with Gasteiger partial charge in [0.2, 0.25) is 0 Å². The van der Waals surface area contributed by atoms with Crippen molar-refractivity contribution in [2.45, 2.75) is 19.4 Å². The Morgan fingerprint density at radius 3 is 2.25 bits per heavy atom. The molecule has 0 aliphatic heterocycles. The Labute approximate surface area is 142 Å². The minimum Gasteiger partial charge on any atom is -0.363 e. The molecule has 3 heteroatoms. The number of Topliss-reactive ketones (excluding diaryl/α,β-unsaturated/α-hetero) is 1. The molecule has 1 N–H and O–H groups in total. The topological polar surface area (TPSA) is 42.0 Å². The summed E-state index contributed by atoms with van der Waals surface area (Å²) in [6.45, 7) is 2.00. The Kier molecular flexibility index (Phi) is 5.02. The number of aromatic nitrogens is 1. The molecule has 1 aromatic heterocycles. The van der Waals surface area contributed by atoms with Crippen LogP contribution >= 0.6 is 0 Å². The van der Waals surface area contributed by atoms with Crippen molar-refractivity contribution in [2.24, 2.45) is 0 Å². The van der Waals surface area contributed by atoms with E-state index in [1.807, 2.05) is 85.9 Å². The van der Waals surface area contributed by atoms with E-state index in [-0.39, 0.29) is 11.8 Å². The van der Waals surface area contributed by atoms with Gasteiger partial charge in [0, 0.05) is 18.2 Å². The summed E-state index contributed by atoms with van der Waals surface area (Å²) in [5.74, 6) is 0.888. The molecule has 3 rings (SSSR count). The highest BCUT2D eigenvalue weighted by molar-refractivity contribution is 5.96. The van der Waals surface area contributed by atoms with E-state index in [9.17, 15) is 4.79 Å². The number of rotatable bonds is 6. The fourth-order valence-electron chi connectivity index (χ4n) is 2.60. The van der Waals surface area contributed by atoms with Crippen molar-refractivity contribution < 1.29 is 4.79 Å². The fourth-order valence-corrected chi connectivity index (χ4v) is 2.60. The second-order valence-corrected chi connectivity index (χ2v) is 5.82. The molecule has 0 fully saturated rings. The number of nitrogens with one attached hydrogen (secondary N) is 1. The molecule has 3 aromatic rings. The van der Waals surface area contributed by atoms with Crippen molar-refractivity contribution in [3.8, 4) is 0 Å². The summed E-state index contributed by atoms with van der Waals surface area (Å²) in [6, 6.07) is 23.3. The van der Waals surface area contributed by atoms with Crippen LogP contribution in [0.4, 0.5) is 5.82 Å². The number of ketones is 1. The molecule has 0 radical (unpaired) electrons. The minimum atomic E-state index is -0.117. The van der Waals surface area contributed by atoms with E-state index in [0.29, 0.717) is 6.42 Å². The first kappa shape index (κ1) is 15.9. The van der Waals surface area contributed by atoms with Crippen LogP contribution in [0.2, 0.25) is 0 Å². The molecular weight excluding hydrogens is 296 g/mol. The predicted octanol–water partition coefficient (Wildman–Crippen LogP) is 4.82. The summed E-state index contributed by atoms with van der Waals surface area (Å²) < 4.78 is 0. The Bertz CT molecular complexity index is 783. The van der Waals surface area contributed by atoms with Crippen LogP contribution in [-0.2, 0) is 0 Å². The highest BCUT2D eigenvalue weighted by Gasteiger charge is 2.17. The molecule has 1 unspecified atom stereocenters. The van der Waals surface area contributed by atoms with Crippen LogP contribution in [0.1, 0.15) is 33.9 Å². The van der Waals surface area contributed by atoms with Gasteiger partial charge in [-0.1, -0.05) is 66.7 Å². The predicted molar refractivity (Wildman–Crippen MR) is 97.2 cm³/mol. The van der Waals surface area contributed by atoms with Crippen molar-refractivity contribution in [3.05, 3.63) is 95.7 Å². The van der Waals surface area contributed by atoms with Gasteiger partial charge in [0.05, 0.1) is 6.04 Å². The van der Waals surface area contributed by atoms with Gasteiger partial charge >= 0.3 is 0 Å². The van der Waals surface area contributed by atoms with Crippen LogP contribution in [0.3, 0.4) is 0 Å². The van der Waals surface area contributed by atoms with Gasteiger partial charge < -0.3 is 5.32 Å². The van der Waals surface area contributed by atoms with Gasteiger partial charge in [0.1, 0.15) is 5.82 Å². The molecule has 2 aromatic carbocycles. The van der Waals surface area contributed by atoms with E-state index in [1.165, 1.54) is 0 Å². The fraction of sp³-hybridized carbons (Fsp3) is 0.143. The molecule has 0 aliphatic carbocycles. The number of hydrogen-bond donors (Lipinski definition) is 1. The molecule has 0 aliphatic rings. The third-order valence-electron chi connectivity index (χ3n) is 3.92. The lowest BCUT2D eigenvalue weighted by Crippen LogP contribution is -2.16. The lowest BCUT2D eigenvalue weighted by atomic mass is 9.98. The quantitative estimate of drug-likeness (QED) is 0.663. The van der Waals surface area contributed by atoms with Crippen LogP contribution in [0.15, 0.2) is 79.0 Å². The standard InChI is InChI=1S/C21H20N2O/c1-16-12-13-21(22-15-16)23-19(17-8-4-2-5-9-17)14-20(24)18-10-6-3-7-11-18/h2-13,15,19H,14H2,1H3,(H,22,23). The average Bonchev–Trinajstić information content (AvgIpc) is 2.64. The molecule has 1 atom stereocenters. The zero-order valence-corrected chi connectivity index (χ0v) is 13.6. The number of anilines is 1. The molecule has 24 heavy (non-hydrogen) atoms. The van der Waals surface area contributed by atoms with E-state index in [2.05, 4.69) is 10.3 Å². The van der Waals surface area contributed by atoms with Crippen molar-refractivity contribution in [1.29, 1.82) is 0 Å². The highest BCUT2D eigenvalue weighted by atomic mass is 16.1. The zero-order valence-electron chi connectivity index (χ0n) is 13.6. The largest absolute Gasteiger partial charge is 0.363 e. The zero-order chi connectivity index (χ0) is 16.8. The van der Waals surface area contributed by atoms with Gasteiger partial charge in [-0.25, -0.2) is 4.98 Å². The lowest BCUT2D eigenvalue weighted by Gasteiger charge is -2.19. The molecule has 3 nitrogen and oxygen atoms in total. The Hall–Kier alpha value is -2.94. The van der Waals surface area contributed by atoms with E-state index in [1.54, 1.807) is 0 Å². The minimum absolute atomic E-state index is 0.115. The third kappa shape index (κ3) is 4.07. The number of aryl methyl sites for hydroxylation is 1. The number of nitrogens with zero attached hydrogens (tertiary/aromatic N) is 1. The van der Waals surface area contributed by atoms with Crippen LogP contribution in [-0.4, -0.2) is 10.8 Å². The molecule has 0 saturated heterocycles. The maximum absolute atomic E-state index is 12.6. The molecule has 0 bridgehead atoms. The van der Waals surface area contributed by atoms with Gasteiger partial charge in [-0.2, -0.15) is 0 Å². The highest BCUT2D eigenvalue weighted by Crippen LogP contribution is 2.23. The van der Waals surface area contributed by atoms with E-state index in [0.717, 1.165) is 22.5 Å². The number of carbonyl (C=O) groups excluding carboxylic acids is 1. The van der Waals surface area contributed by atoms with Gasteiger partial charge in [-0.05, 0) is 24.1 Å². The summed E-state index contributed by atoms with van der Waals surface area (Å²) in [4.78, 5) is 17.0. The van der Waals surface area contributed by atoms with Crippen molar-refractivity contribution in [3.63, 3.8) is 0 Å². The van der Waals surface area contributed by atoms with Crippen LogP contribution in [0.25, 0.3) is 0 Å². The van der Waals surface area contributed by atoms with E-state index < -0.39 is 0 Å². The summed E-state index contributed by atoms with van der Waals surface area (Å²) >= 11 is 0. The molecular formula is C21H20N2O. The summed E-state index contributed by atoms with van der Waals surface area (Å²) in [6.07, 6.45) is 2.20. The van der Waals surface area contributed by atoms with Gasteiger partial charge in [-0.3, -0.25) is 4.79 Å². The van der Waals surface area contributed by atoms with E-state index in [4.69, 9.17) is 0 Å². The lowest BCUT2D eigenvalue weighted by molar-refractivity contribution is 0.0976. The maximum atomic E-state index is 12.6. The normalized spacial score (nSPS) is 11.7. The van der Waals surface area contributed by atoms with Crippen molar-refractivity contribution >= 4 is 11.6 Å². The molecule has 0 saturated carbocycles. The first-order valence-electron chi connectivity index (χ1n) is 8.05. The van der Waals surface area contributed by atoms with Crippen LogP contribution in [0, 0.1) is 6.92 Å². The van der Waals surface area contributed by atoms with E-state index >= 15 is 0 Å². The second-order valence-electron chi connectivity index (χ2n) is 5.82. The maximum Gasteiger partial charge on any atom is 0.165 e. The monoisotopic (exact) mass is 316 g/mol. The number of carbonyl (C=O) groups is 1. The van der Waals surface area contributed by atoms with Crippen LogP contribution in [0.5, 0.6) is 0 Å². The van der Waals surface area contributed by atoms with Gasteiger partial charge in [-0.15, -0.1) is 0 Å². The number of hydrogen-bond acceptors (Lipinski definition) is 3. The molecule has 0 spiro atoms. The van der Waals surface area contributed by atoms with Gasteiger partial charge in [0.25, 0.3) is 0 Å². The summed E-state index contributed by atoms with van der Waals surface area (Å²) in [5, 5.41) is 3.39. The first-order valence-corrected chi connectivity index (χ1v) is 8.05. The van der Waals surface area contributed by atoms with Crippen molar-refractivity contribution in [2.75, 3.05) is 5.32 Å². The Morgan fingerprint density at radius 1 is 0.958 bits per heavy atom. The molecule has 1 heterocycles. The molecule has 120 valence electrons. The Balaban J connectivity index is 1.82. The van der Waals surface area contributed by atoms with Crippen molar-refractivity contribution in [1.82, 2.24) is 4.98 Å². The first-order chi connectivity index (χ1) is 11.7. The van der Waals surface area contributed by atoms with Gasteiger partial charge in [0.15, 0.2) is 5.78 Å². The SMILES string of the molecule is Cc1ccc(NC(CC(=O)c2ccccc2)c2ccccc2)nc1. The molecule has 0 amide bonds. The number of benzene rings is 2. The second kappa shape index (κ2) is 7.55.